The van der Waals surface area contributed by atoms with Crippen molar-refractivity contribution in [1.82, 2.24) is 0 Å². The molecule has 0 radical (unpaired) electrons. The lowest BCUT2D eigenvalue weighted by molar-refractivity contribution is -0.148. The van der Waals surface area contributed by atoms with Crippen LogP contribution in [0.5, 0.6) is 0 Å². The van der Waals surface area contributed by atoms with Gasteiger partial charge in [-0.3, -0.25) is 0 Å². The molecule has 0 aliphatic rings. The Morgan fingerprint density at radius 1 is 0.966 bits per heavy atom. The van der Waals surface area contributed by atoms with Crippen LogP contribution in [-0.2, 0) is 13.9 Å². The molecule has 0 spiro atoms. The fourth-order valence-corrected chi connectivity index (χ4v) is 10.9. The summed E-state index contributed by atoms with van der Waals surface area (Å²) in [5.41, 5.74) is 0. The number of hydrogen-bond donors (Lipinski definition) is 1. The van der Waals surface area contributed by atoms with Crippen LogP contribution in [0.15, 0.2) is 12.7 Å². The topological polar surface area (TPSA) is 47.9 Å². The lowest BCUT2D eigenvalue weighted by Gasteiger charge is -2.46. The number of rotatable bonds is 18. The van der Waals surface area contributed by atoms with Crippen LogP contribution in [-0.4, -0.2) is 52.8 Å². The van der Waals surface area contributed by atoms with E-state index >= 15 is 0 Å². The second-order valence-corrected chi connectivity index (χ2v) is 19.0. The van der Waals surface area contributed by atoms with E-state index in [1.54, 1.807) is 13.2 Å². The van der Waals surface area contributed by atoms with E-state index in [-0.39, 0.29) is 12.9 Å². The standard InChI is InChI=1S/C23H50O4Si2/c1-10-14-17-29(18-15-11-2,19-16-12-3)27-21(5)22(26-20-25-6)23(24,13-4)28(7,8)9/h13,21-22,24H,4,10-12,14-20H2,1-3,5-9H3/t21-,22+,23+/m1/s1. The quantitative estimate of drug-likeness (QED) is 0.148. The molecule has 174 valence electrons. The van der Waals surface area contributed by atoms with Crippen molar-refractivity contribution in [2.75, 3.05) is 13.9 Å². The summed E-state index contributed by atoms with van der Waals surface area (Å²) in [5.74, 6) is 0. The maximum absolute atomic E-state index is 11.6. The highest BCUT2D eigenvalue weighted by Crippen LogP contribution is 2.36. The number of methoxy groups -OCH3 is 1. The highest BCUT2D eigenvalue weighted by molar-refractivity contribution is 6.79. The molecular formula is C23H50O4Si2. The second kappa shape index (κ2) is 14.1. The molecule has 0 aromatic rings. The zero-order valence-corrected chi connectivity index (χ0v) is 22.7. The van der Waals surface area contributed by atoms with E-state index in [9.17, 15) is 5.11 Å². The van der Waals surface area contributed by atoms with Crippen LogP contribution in [0.2, 0.25) is 37.8 Å². The molecule has 0 aliphatic heterocycles. The molecule has 0 fully saturated rings. The summed E-state index contributed by atoms with van der Waals surface area (Å²) in [5, 5.41) is 10.6. The summed E-state index contributed by atoms with van der Waals surface area (Å²) in [6.45, 7) is 19.4. The summed E-state index contributed by atoms with van der Waals surface area (Å²) in [6.07, 6.45) is 8.26. The number of ether oxygens (including phenoxy) is 2. The minimum absolute atomic E-state index is 0.145. The highest BCUT2D eigenvalue weighted by Gasteiger charge is 2.50. The van der Waals surface area contributed by atoms with Crippen LogP contribution in [0.3, 0.4) is 0 Å². The Kier molecular flexibility index (Phi) is 14.2. The van der Waals surface area contributed by atoms with Crippen LogP contribution >= 0.6 is 0 Å². The van der Waals surface area contributed by atoms with Gasteiger partial charge in [0.2, 0.25) is 0 Å². The van der Waals surface area contributed by atoms with Gasteiger partial charge >= 0.3 is 0 Å². The second-order valence-electron chi connectivity index (χ2n) is 9.59. The fourth-order valence-electron chi connectivity index (χ4n) is 4.12. The van der Waals surface area contributed by atoms with Gasteiger partial charge in [0, 0.05) is 7.11 Å². The van der Waals surface area contributed by atoms with Gasteiger partial charge in [-0.2, -0.15) is 0 Å². The molecule has 0 aliphatic carbocycles. The third-order valence-electron chi connectivity index (χ3n) is 6.13. The van der Waals surface area contributed by atoms with Gasteiger partial charge in [0.05, 0.1) is 19.4 Å². The Morgan fingerprint density at radius 2 is 1.41 bits per heavy atom. The zero-order chi connectivity index (χ0) is 22.6. The maximum atomic E-state index is 11.6. The van der Waals surface area contributed by atoms with E-state index < -0.39 is 27.7 Å². The summed E-state index contributed by atoms with van der Waals surface area (Å²) in [7, 11) is -2.35. The van der Waals surface area contributed by atoms with Crippen molar-refractivity contribution in [3.63, 3.8) is 0 Å². The van der Waals surface area contributed by atoms with E-state index in [1.807, 2.05) is 0 Å². The van der Waals surface area contributed by atoms with Crippen LogP contribution < -0.4 is 0 Å². The molecule has 0 heterocycles. The monoisotopic (exact) mass is 446 g/mol. The molecule has 29 heavy (non-hydrogen) atoms. The average molecular weight is 447 g/mol. The van der Waals surface area contributed by atoms with Crippen LogP contribution in [0.25, 0.3) is 0 Å². The van der Waals surface area contributed by atoms with Crippen molar-refractivity contribution in [2.24, 2.45) is 0 Å². The highest BCUT2D eigenvalue weighted by atomic mass is 28.4. The van der Waals surface area contributed by atoms with E-state index in [0.29, 0.717) is 0 Å². The number of aliphatic hydroxyl groups is 1. The molecule has 0 bridgehead atoms. The minimum Gasteiger partial charge on any atom is -0.411 e. The first-order valence-electron chi connectivity index (χ1n) is 11.7. The van der Waals surface area contributed by atoms with Crippen molar-refractivity contribution >= 4 is 16.4 Å². The average Bonchev–Trinajstić information content (AvgIpc) is 2.68. The Hall–Kier alpha value is 0.0138. The minimum atomic E-state index is -2.05. The maximum Gasteiger partial charge on any atom is 0.193 e. The Balaban J connectivity index is 5.88. The van der Waals surface area contributed by atoms with E-state index in [4.69, 9.17) is 13.9 Å². The van der Waals surface area contributed by atoms with E-state index in [1.165, 1.54) is 56.7 Å². The Labute approximate surface area is 183 Å². The number of unbranched alkanes of at least 4 members (excludes halogenated alkanes) is 3. The molecule has 0 unspecified atom stereocenters. The first kappa shape index (κ1) is 29.0. The summed E-state index contributed by atoms with van der Waals surface area (Å²) >= 11 is 0. The molecule has 3 atom stereocenters. The smallest absolute Gasteiger partial charge is 0.193 e. The van der Waals surface area contributed by atoms with Crippen molar-refractivity contribution in [1.29, 1.82) is 0 Å². The third kappa shape index (κ3) is 8.95. The normalized spacial score (nSPS) is 17.0. The molecule has 6 heteroatoms. The third-order valence-corrected chi connectivity index (χ3v) is 13.7. The molecule has 0 amide bonds. The Morgan fingerprint density at radius 3 is 1.72 bits per heavy atom. The van der Waals surface area contributed by atoms with Gasteiger partial charge in [-0.1, -0.05) is 85.0 Å². The predicted octanol–water partition coefficient (Wildman–Crippen LogP) is 6.52. The van der Waals surface area contributed by atoms with Gasteiger partial charge in [0.15, 0.2) is 8.32 Å². The van der Waals surface area contributed by atoms with Gasteiger partial charge in [-0.05, 0) is 25.1 Å². The zero-order valence-electron chi connectivity index (χ0n) is 20.7. The molecular weight excluding hydrogens is 396 g/mol. The van der Waals surface area contributed by atoms with Crippen molar-refractivity contribution in [3.05, 3.63) is 12.7 Å². The fraction of sp³-hybridized carbons (Fsp3) is 0.913. The van der Waals surface area contributed by atoms with Crippen LogP contribution in [0.4, 0.5) is 0 Å². The van der Waals surface area contributed by atoms with Crippen molar-refractivity contribution in [2.45, 2.75) is 121 Å². The van der Waals surface area contributed by atoms with E-state index in [2.05, 4.69) is 53.9 Å². The van der Waals surface area contributed by atoms with Crippen LogP contribution in [0, 0.1) is 0 Å². The van der Waals surface area contributed by atoms with Crippen molar-refractivity contribution < 1.29 is 19.0 Å². The van der Waals surface area contributed by atoms with Gasteiger partial charge in [0.1, 0.15) is 12.9 Å². The van der Waals surface area contributed by atoms with Crippen LogP contribution in [0.1, 0.15) is 66.2 Å². The lowest BCUT2D eigenvalue weighted by atomic mass is 10.1. The number of hydrogen-bond acceptors (Lipinski definition) is 4. The van der Waals surface area contributed by atoms with Gasteiger partial charge in [-0.25, -0.2) is 0 Å². The molecule has 1 N–H and O–H groups in total. The van der Waals surface area contributed by atoms with Crippen molar-refractivity contribution in [3.8, 4) is 0 Å². The first-order chi connectivity index (χ1) is 13.6. The predicted molar refractivity (Wildman–Crippen MR) is 131 cm³/mol. The summed E-state index contributed by atoms with van der Waals surface area (Å²) in [6, 6.07) is 3.60. The summed E-state index contributed by atoms with van der Waals surface area (Å²) in [4.78, 5) is 0. The Bertz CT molecular complexity index is 417. The van der Waals surface area contributed by atoms with E-state index in [0.717, 1.165) is 0 Å². The van der Waals surface area contributed by atoms with Gasteiger partial charge in [-0.15, -0.1) is 6.58 Å². The molecule has 0 saturated heterocycles. The van der Waals surface area contributed by atoms with Gasteiger partial charge in [0.25, 0.3) is 0 Å². The molecule has 0 rings (SSSR count). The first-order valence-corrected chi connectivity index (χ1v) is 17.7. The molecule has 0 aromatic carbocycles. The SMILES string of the molecule is C=C[C@@](O)([C@@H](OCOC)[C@@H](C)O[Si](CCCC)(CCCC)CCCC)[Si](C)(C)C. The molecule has 4 nitrogen and oxygen atoms in total. The molecule has 0 saturated carbocycles. The largest absolute Gasteiger partial charge is 0.411 e. The summed E-state index contributed by atoms with van der Waals surface area (Å²) < 4.78 is 18.3. The van der Waals surface area contributed by atoms with Gasteiger partial charge < -0.3 is 19.0 Å². The molecule has 0 aromatic heterocycles. The lowest BCUT2D eigenvalue weighted by Crippen LogP contribution is -2.64.